The van der Waals surface area contributed by atoms with Gasteiger partial charge in [-0.25, -0.2) is 8.78 Å². The summed E-state index contributed by atoms with van der Waals surface area (Å²) < 4.78 is 68.0. The minimum atomic E-state index is -4.72. The Morgan fingerprint density at radius 1 is 1.10 bits per heavy atom. The van der Waals surface area contributed by atoms with Crippen molar-refractivity contribution >= 4 is 0 Å². The molecule has 1 aromatic rings. The molecule has 0 amide bonds. The average molecular weight is 313 g/mol. The first-order valence-electron chi connectivity index (χ1n) is 6.22. The fourth-order valence-corrected chi connectivity index (χ4v) is 1.64. The van der Waals surface area contributed by atoms with Crippen LogP contribution in [0.1, 0.15) is 12.0 Å². The molecule has 0 fully saturated rings. The predicted octanol–water partition coefficient (Wildman–Crippen LogP) is 3.13. The highest BCUT2D eigenvalue weighted by Gasteiger charge is 2.30. The molecule has 0 spiro atoms. The Morgan fingerprint density at radius 2 is 1.71 bits per heavy atom. The van der Waals surface area contributed by atoms with Gasteiger partial charge in [0.2, 0.25) is 0 Å². The van der Waals surface area contributed by atoms with Crippen molar-refractivity contribution in [1.29, 1.82) is 0 Å². The van der Waals surface area contributed by atoms with E-state index >= 15 is 0 Å². The predicted molar refractivity (Wildman–Crippen MR) is 66.2 cm³/mol. The highest BCUT2D eigenvalue weighted by molar-refractivity contribution is 5.27. The molecule has 1 rings (SSSR count). The van der Waals surface area contributed by atoms with Crippen LogP contribution in [0.5, 0.6) is 5.75 Å². The van der Waals surface area contributed by atoms with E-state index in [0.29, 0.717) is 12.8 Å². The van der Waals surface area contributed by atoms with E-state index in [1.165, 1.54) is 24.3 Å². The minimum absolute atomic E-state index is 0.112. The van der Waals surface area contributed by atoms with E-state index in [1.807, 2.05) is 0 Å². The summed E-state index contributed by atoms with van der Waals surface area (Å²) in [7, 11) is 0. The second-order valence-corrected chi connectivity index (χ2v) is 4.41. The topological polar surface area (TPSA) is 44.5 Å². The highest BCUT2D eigenvalue weighted by Crippen LogP contribution is 2.23. The van der Waals surface area contributed by atoms with Gasteiger partial charge in [0.1, 0.15) is 12.4 Å². The fourth-order valence-electron chi connectivity index (χ4n) is 1.64. The smallest absolute Gasteiger partial charge is 0.406 e. The van der Waals surface area contributed by atoms with Crippen molar-refractivity contribution in [2.75, 3.05) is 13.2 Å². The Bertz CT molecular complexity index is 408. The number of alkyl halides is 5. The molecule has 0 aliphatic rings. The van der Waals surface area contributed by atoms with Crippen LogP contribution in [0.25, 0.3) is 0 Å². The van der Waals surface area contributed by atoms with Gasteiger partial charge < -0.3 is 15.2 Å². The maximum absolute atomic E-state index is 12.0. The molecule has 2 N–H and O–H groups in total. The fraction of sp³-hybridized carbons (Fsp3) is 0.538. The number of hydrogen-bond acceptors (Lipinski definition) is 3. The van der Waals surface area contributed by atoms with E-state index in [9.17, 15) is 22.0 Å². The Labute approximate surface area is 118 Å². The summed E-state index contributed by atoms with van der Waals surface area (Å²) >= 11 is 0. The van der Waals surface area contributed by atoms with Gasteiger partial charge in [-0.3, -0.25) is 0 Å². The van der Waals surface area contributed by atoms with Crippen molar-refractivity contribution in [1.82, 2.24) is 0 Å². The molecule has 120 valence electrons. The maximum atomic E-state index is 12.0. The van der Waals surface area contributed by atoms with E-state index in [-0.39, 0.29) is 18.4 Å². The molecule has 0 saturated heterocycles. The molecule has 0 radical (unpaired) electrons. The first kappa shape index (κ1) is 17.6. The van der Waals surface area contributed by atoms with Crippen molar-refractivity contribution in [2.24, 2.45) is 5.73 Å². The Balaban J connectivity index is 2.34. The SMILES string of the molecule is NC(CCOCC(F)F)Cc1ccc(OC(F)(F)F)cc1. The summed E-state index contributed by atoms with van der Waals surface area (Å²) in [5, 5.41) is 0. The lowest BCUT2D eigenvalue weighted by Crippen LogP contribution is -2.25. The second kappa shape index (κ2) is 8.14. The van der Waals surface area contributed by atoms with Crippen LogP contribution in [0.3, 0.4) is 0 Å². The summed E-state index contributed by atoms with van der Waals surface area (Å²) in [5.41, 5.74) is 6.51. The normalized spacial score (nSPS) is 13.5. The van der Waals surface area contributed by atoms with Gasteiger partial charge in [-0.2, -0.15) is 0 Å². The van der Waals surface area contributed by atoms with Crippen LogP contribution >= 0.6 is 0 Å². The van der Waals surface area contributed by atoms with E-state index in [0.717, 1.165) is 5.56 Å². The number of halogens is 5. The third-order valence-electron chi connectivity index (χ3n) is 2.53. The molecule has 1 aromatic carbocycles. The Kier molecular flexibility index (Phi) is 6.83. The Morgan fingerprint density at radius 3 is 2.24 bits per heavy atom. The van der Waals surface area contributed by atoms with Gasteiger partial charge in [-0.15, -0.1) is 13.2 Å². The lowest BCUT2D eigenvalue weighted by Gasteiger charge is -2.13. The molecule has 3 nitrogen and oxygen atoms in total. The monoisotopic (exact) mass is 313 g/mol. The summed E-state index contributed by atoms with van der Waals surface area (Å²) in [5.74, 6) is -0.305. The number of ether oxygens (including phenoxy) is 2. The summed E-state index contributed by atoms with van der Waals surface area (Å²) in [6.07, 6.45) is -6.44. The lowest BCUT2D eigenvalue weighted by atomic mass is 10.0. The third-order valence-corrected chi connectivity index (χ3v) is 2.53. The minimum Gasteiger partial charge on any atom is -0.406 e. The van der Waals surface area contributed by atoms with Gasteiger partial charge in [0.25, 0.3) is 6.43 Å². The van der Waals surface area contributed by atoms with Crippen molar-refractivity contribution < 1.29 is 31.4 Å². The molecule has 0 bridgehead atoms. The van der Waals surface area contributed by atoms with Crippen LogP contribution in [-0.4, -0.2) is 32.0 Å². The summed E-state index contributed by atoms with van der Waals surface area (Å²) in [6.45, 7) is -0.517. The largest absolute Gasteiger partial charge is 0.573 e. The van der Waals surface area contributed by atoms with Gasteiger partial charge in [-0.1, -0.05) is 12.1 Å². The Hall–Kier alpha value is -1.41. The molecule has 0 saturated carbocycles. The number of hydrogen-bond donors (Lipinski definition) is 1. The number of nitrogens with two attached hydrogens (primary N) is 1. The summed E-state index contributed by atoms with van der Waals surface area (Å²) in [4.78, 5) is 0. The molecule has 0 aliphatic heterocycles. The molecule has 1 atom stereocenters. The molecule has 0 heterocycles. The lowest BCUT2D eigenvalue weighted by molar-refractivity contribution is -0.274. The second-order valence-electron chi connectivity index (χ2n) is 4.41. The van der Waals surface area contributed by atoms with Gasteiger partial charge in [-0.05, 0) is 30.5 Å². The van der Waals surface area contributed by atoms with E-state index < -0.39 is 19.4 Å². The number of rotatable bonds is 8. The first-order valence-corrected chi connectivity index (χ1v) is 6.22. The third kappa shape index (κ3) is 8.46. The molecule has 1 unspecified atom stereocenters. The number of benzene rings is 1. The quantitative estimate of drug-likeness (QED) is 0.592. The van der Waals surface area contributed by atoms with Crippen molar-refractivity contribution in [3.63, 3.8) is 0 Å². The molecule has 8 heteroatoms. The zero-order valence-corrected chi connectivity index (χ0v) is 11.1. The van der Waals surface area contributed by atoms with E-state index in [4.69, 9.17) is 10.5 Å². The van der Waals surface area contributed by atoms with Crippen LogP contribution in [0, 0.1) is 0 Å². The maximum Gasteiger partial charge on any atom is 0.573 e. The molecule has 0 aromatic heterocycles. The zero-order chi connectivity index (χ0) is 15.9. The van der Waals surface area contributed by atoms with Crippen molar-refractivity contribution in [2.45, 2.75) is 31.7 Å². The van der Waals surface area contributed by atoms with E-state index in [1.54, 1.807) is 0 Å². The van der Waals surface area contributed by atoms with Gasteiger partial charge in [0.05, 0.1) is 0 Å². The van der Waals surface area contributed by atoms with Crippen LogP contribution < -0.4 is 10.5 Å². The van der Waals surface area contributed by atoms with Crippen LogP contribution in [0.15, 0.2) is 24.3 Å². The highest BCUT2D eigenvalue weighted by atomic mass is 19.4. The molecule has 0 aliphatic carbocycles. The van der Waals surface area contributed by atoms with Crippen LogP contribution in [-0.2, 0) is 11.2 Å². The molecular weight excluding hydrogens is 297 g/mol. The molecular formula is C13H16F5NO2. The average Bonchev–Trinajstić information content (AvgIpc) is 2.35. The van der Waals surface area contributed by atoms with Gasteiger partial charge >= 0.3 is 6.36 Å². The van der Waals surface area contributed by atoms with Crippen LogP contribution in [0.4, 0.5) is 22.0 Å². The van der Waals surface area contributed by atoms with E-state index in [2.05, 4.69) is 4.74 Å². The first-order chi connectivity index (χ1) is 9.76. The molecule has 21 heavy (non-hydrogen) atoms. The van der Waals surface area contributed by atoms with Crippen molar-refractivity contribution in [3.05, 3.63) is 29.8 Å². The van der Waals surface area contributed by atoms with Crippen LogP contribution in [0.2, 0.25) is 0 Å². The standard InChI is InChI=1S/C13H16F5NO2/c14-12(15)8-20-6-5-10(19)7-9-1-3-11(4-2-9)21-13(16,17)18/h1-4,10,12H,5-8,19H2. The zero-order valence-electron chi connectivity index (χ0n) is 11.1. The van der Waals surface area contributed by atoms with Gasteiger partial charge in [0.15, 0.2) is 0 Å². The van der Waals surface area contributed by atoms with Gasteiger partial charge in [0, 0.05) is 12.6 Å². The summed E-state index contributed by atoms with van der Waals surface area (Å²) in [6, 6.07) is 5.02. The van der Waals surface area contributed by atoms with Crippen molar-refractivity contribution in [3.8, 4) is 5.75 Å².